The Balaban J connectivity index is 2.40. The van der Waals surface area contributed by atoms with Crippen LogP contribution in [0.2, 0.25) is 0 Å². The third kappa shape index (κ3) is 4.15. The van der Waals surface area contributed by atoms with Gasteiger partial charge in [0.2, 0.25) is 0 Å². The van der Waals surface area contributed by atoms with Gasteiger partial charge in [0.15, 0.2) is 11.5 Å². The minimum atomic E-state index is -0.707. The summed E-state index contributed by atoms with van der Waals surface area (Å²) in [5.41, 5.74) is 0.743. The molecule has 0 spiro atoms. The molecule has 2 rings (SSSR count). The summed E-state index contributed by atoms with van der Waals surface area (Å²) >= 11 is 0. The number of amides is 1. The number of phenols is 1. The van der Waals surface area contributed by atoms with Gasteiger partial charge in [-0.05, 0) is 25.1 Å². The number of aromatic hydroxyl groups is 1. The lowest BCUT2D eigenvalue weighted by Crippen LogP contribution is -2.13. The summed E-state index contributed by atoms with van der Waals surface area (Å²) in [7, 11) is 1.24. The minimum absolute atomic E-state index is 0.0772. The molecule has 0 atom stereocenters. The maximum atomic E-state index is 12.3. The van der Waals surface area contributed by atoms with Crippen molar-refractivity contribution in [2.45, 2.75) is 6.92 Å². The molecule has 0 aliphatic rings. The fourth-order valence-electron chi connectivity index (χ4n) is 2.12. The molecule has 0 aliphatic heterocycles. The molecule has 0 saturated carbocycles. The number of rotatable bonds is 5. The zero-order chi connectivity index (χ0) is 19.3. The molecule has 2 aromatic carbocycles. The smallest absolute Gasteiger partial charge is 0.274 e. The number of nitro groups is 1. The van der Waals surface area contributed by atoms with Crippen molar-refractivity contribution < 1.29 is 19.6 Å². The van der Waals surface area contributed by atoms with Crippen molar-refractivity contribution in [1.82, 2.24) is 0 Å². The van der Waals surface area contributed by atoms with E-state index < -0.39 is 16.6 Å². The number of nitriles is 1. The highest BCUT2D eigenvalue weighted by atomic mass is 16.6. The van der Waals surface area contributed by atoms with Crippen LogP contribution >= 0.6 is 0 Å². The van der Waals surface area contributed by atoms with Crippen LogP contribution in [-0.4, -0.2) is 23.0 Å². The van der Waals surface area contributed by atoms with E-state index in [1.807, 2.05) is 6.92 Å². The molecule has 0 aromatic heterocycles. The quantitative estimate of drug-likeness (QED) is 0.368. The molecule has 132 valence electrons. The topological polar surface area (TPSA) is 125 Å². The van der Waals surface area contributed by atoms with Crippen LogP contribution in [-0.2, 0) is 4.79 Å². The summed E-state index contributed by atoms with van der Waals surface area (Å²) in [5.74, 6) is -1.25. The number of non-ortho nitro benzene ring substituents is 1. The number of hydrogen-bond acceptors (Lipinski definition) is 6. The van der Waals surface area contributed by atoms with Gasteiger partial charge in [-0.1, -0.05) is 17.7 Å². The second-order valence-corrected chi connectivity index (χ2v) is 5.33. The van der Waals surface area contributed by atoms with Gasteiger partial charge in [0.1, 0.15) is 11.6 Å². The Labute approximate surface area is 149 Å². The van der Waals surface area contributed by atoms with Crippen LogP contribution in [0.3, 0.4) is 0 Å². The van der Waals surface area contributed by atoms with Crippen LogP contribution in [0.4, 0.5) is 11.4 Å². The van der Waals surface area contributed by atoms with E-state index in [1.165, 1.54) is 7.11 Å². The molecular weight excluding hydrogens is 338 g/mol. The number of methoxy groups -OCH3 is 1. The van der Waals surface area contributed by atoms with Gasteiger partial charge >= 0.3 is 0 Å². The van der Waals surface area contributed by atoms with Gasteiger partial charge in [-0.2, -0.15) is 5.26 Å². The lowest BCUT2D eigenvalue weighted by Gasteiger charge is -2.08. The summed E-state index contributed by atoms with van der Waals surface area (Å²) in [6, 6.07) is 10.8. The molecule has 8 heteroatoms. The summed E-state index contributed by atoms with van der Waals surface area (Å²) < 4.78 is 4.89. The average molecular weight is 353 g/mol. The van der Waals surface area contributed by atoms with Crippen molar-refractivity contribution in [2.75, 3.05) is 12.4 Å². The third-order valence-corrected chi connectivity index (χ3v) is 3.49. The van der Waals surface area contributed by atoms with Gasteiger partial charge in [-0.15, -0.1) is 0 Å². The van der Waals surface area contributed by atoms with E-state index in [4.69, 9.17) is 4.74 Å². The number of phenolic OH excluding ortho intramolecular Hbond substituents is 1. The molecular formula is C18H15N3O5. The number of benzene rings is 2. The van der Waals surface area contributed by atoms with E-state index in [0.717, 1.165) is 23.8 Å². The van der Waals surface area contributed by atoms with E-state index in [-0.39, 0.29) is 22.6 Å². The molecule has 0 fully saturated rings. The van der Waals surface area contributed by atoms with Crippen molar-refractivity contribution in [1.29, 1.82) is 5.26 Å². The number of carbonyl (C=O) groups excluding carboxylic acids is 1. The number of anilines is 1. The fourth-order valence-corrected chi connectivity index (χ4v) is 2.12. The Hall–Kier alpha value is -3.86. The Morgan fingerprint density at radius 1 is 1.35 bits per heavy atom. The van der Waals surface area contributed by atoms with Crippen molar-refractivity contribution in [3.05, 3.63) is 63.2 Å². The number of nitrogens with zero attached hydrogens (tertiary/aromatic N) is 2. The van der Waals surface area contributed by atoms with Gasteiger partial charge in [-0.25, -0.2) is 0 Å². The summed E-state index contributed by atoms with van der Waals surface area (Å²) in [4.78, 5) is 22.6. The molecule has 0 bridgehead atoms. The lowest BCUT2D eigenvalue weighted by molar-refractivity contribution is -0.385. The molecule has 1 amide bonds. The van der Waals surface area contributed by atoms with Crippen LogP contribution in [0.5, 0.6) is 11.5 Å². The highest BCUT2D eigenvalue weighted by molar-refractivity contribution is 6.09. The number of aryl methyl sites for hydroxylation is 1. The number of carbonyl (C=O) groups is 1. The molecule has 26 heavy (non-hydrogen) atoms. The molecule has 0 radical (unpaired) electrons. The number of nitrogens with one attached hydrogen (secondary N) is 1. The maximum Gasteiger partial charge on any atom is 0.274 e. The van der Waals surface area contributed by atoms with E-state index in [0.29, 0.717) is 5.69 Å². The van der Waals surface area contributed by atoms with E-state index in [2.05, 4.69) is 5.32 Å². The molecule has 2 aromatic rings. The molecule has 8 nitrogen and oxygen atoms in total. The van der Waals surface area contributed by atoms with Crippen molar-refractivity contribution in [2.24, 2.45) is 0 Å². The lowest BCUT2D eigenvalue weighted by atomic mass is 10.1. The van der Waals surface area contributed by atoms with Crippen LogP contribution in [0.25, 0.3) is 6.08 Å². The summed E-state index contributed by atoms with van der Waals surface area (Å²) in [5, 5.41) is 32.9. The zero-order valence-corrected chi connectivity index (χ0v) is 14.0. The highest BCUT2D eigenvalue weighted by Gasteiger charge is 2.18. The van der Waals surface area contributed by atoms with Gasteiger partial charge < -0.3 is 15.2 Å². The molecule has 0 saturated heterocycles. The Morgan fingerprint density at radius 2 is 2.00 bits per heavy atom. The van der Waals surface area contributed by atoms with Gasteiger partial charge in [0.05, 0.1) is 18.1 Å². The minimum Gasteiger partial charge on any atom is -0.504 e. The van der Waals surface area contributed by atoms with Crippen LogP contribution in [0.15, 0.2) is 42.0 Å². The maximum absolute atomic E-state index is 12.3. The third-order valence-electron chi connectivity index (χ3n) is 3.49. The first-order valence-corrected chi connectivity index (χ1v) is 7.41. The first-order valence-electron chi connectivity index (χ1n) is 7.41. The van der Waals surface area contributed by atoms with Gasteiger partial charge in [-0.3, -0.25) is 14.9 Å². The van der Waals surface area contributed by atoms with E-state index in [9.17, 15) is 25.3 Å². The summed E-state index contributed by atoms with van der Waals surface area (Å²) in [6.45, 7) is 1.89. The van der Waals surface area contributed by atoms with Crippen LogP contribution < -0.4 is 10.1 Å². The SMILES string of the molecule is COc1cc([N+](=O)[O-])cc(/C=C(/C#N)C(=O)Nc2ccc(C)cc2)c1O. The normalized spacial score (nSPS) is 10.7. The predicted molar refractivity (Wildman–Crippen MR) is 94.7 cm³/mol. The largest absolute Gasteiger partial charge is 0.504 e. The van der Waals surface area contributed by atoms with Crippen molar-refractivity contribution in [3.8, 4) is 17.6 Å². The predicted octanol–water partition coefficient (Wildman–Crippen LogP) is 3.16. The Kier molecular flexibility index (Phi) is 5.55. The number of hydrogen-bond donors (Lipinski definition) is 2. The monoisotopic (exact) mass is 353 g/mol. The van der Waals surface area contributed by atoms with Gasteiger partial charge in [0.25, 0.3) is 11.6 Å². The van der Waals surface area contributed by atoms with E-state index >= 15 is 0 Å². The zero-order valence-electron chi connectivity index (χ0n) is 14.0. The highest BCUT2D eigenvalue weighted by Crippen LogP contribution is 2.35. The molecule has 0 aliphatic carbocycles. The second kappa shape index (κ2) is 7.81. The Morgan fingerprint density at radius 3 is 2.54 bits per heavy atom. The standard InChI is InChI=1S/C18H15N3O5/c1-11-3-5-14(6-4-11)20-18(23)13(10-19)7-12-8-15(21(24)25)9-16(26-2)17(12)22/h3-9,22H,1-2H3,(H,20,23)/b13-7-. The number of ether oxygens (including phenoxy) is 1. The summed E-state index contributed by atoms with van der Waals surface area (Å²) in [6.07, 6.45) is 1.06. The fraction of sp³-hybridized carbons (Fsp3) is 0.111. The second-order valence-electron chi connectivity index (χ2n) is 5.33. The average Bonchev–Trinajstić information content (AvgIpc) is 2.62. The Bertz CT molecular complexity index is 927. The van der Waals surface area contributed by atoms with Gasteiger partial charge in [0, 0.05) is 17.3 Å². The first kappa shape index (κ1) is 18.5. The molecule has 2 N–H and O–H groups in total. The van der Waals surface area contributed by atoms with Crippen molar-refractivity contribution >= 4 is 23.4 Å². The van der Waals surface area contributed by atoms with E-state index in [1.54, 1.807) is 30.3 Å². The van der Waals surface area contributed by atoms with Crippen LogP contribution in [0.1, 0.15) is 11.1 Å². The van der Waals surface area contributed by atoms with Crippen LogP contribution in [0, 0.1) is 28.4 Å². The van der Waals surface area contributed by atoms with Crippen molar-refractivity contribution in [3.63, 3.8) is 0 Å². The molecule has 0 unspecified atom stereocenters. The molecule has 0 heterocycles. The first-order chi connectivity index (χ1) is 12.3. The number of nitro benzene ring substituents is 1.